The van der Waals surface area contributed by atoms with Crippen LogP contribution >= 0.6 is 11.3 Å². The van der Waals surface area contributed by atoms with Crippen LogP contribution in [0.25, 0.3) is 0 Å². The third-order valence-corrected chi connectivity index (χ3v) is 4.00. The zero-order chi connectivity index (χ0) is 14.7. The monoisotopic (exact) mass is 292 g/mol. The molecule has 2 rings (SSSR count). The predicted octanol–water partition coefficient (Wildman–Crippen LogP) is 2.43. The van der Waals surface area contributed by atoms with Crippen LogP contribution in [0.4, 0.5) is 5.69 Å². The van der Waals surface area contributed by atoms with Crippen molar-refractivity contribution in [2.45, 2.75) is 34.2 Å². The molecular weight excluding hydrogens is 272 g/mol. The highest BCUT2D eigenvalue weighted by Gasteiger charge is 2.07. The van der Waals surface area contributed by atoms with Crippen LogP contribution in [-0.2, 0) is 6.54 Å². The zero-order valence-corrected chi connectivity index (χ0v) is 13.1. The van der Waals surface area contributed by atoms with E-state index in [9.17, 15) is 4.79 Å². The average Bonchev–Trinajstić information content (AvgIpc) is 2.69. The second-order valence-electron chi connectivity index (χ2n) is 5.26. The molecule has 2 aromatic rings. The van der Waals surface area contributed by atoms with Crippen molar-refractivity contribution in [2.75, 3.05) is 11.9 Å². The first-order valence-corrected chi connectivity index (χ1v) is 7.51. The number of hydrogen-bond donors (Lipinski definition) is 1. The summed E-state index contributed by atoms with van der Waals surface area (Å²) in [5.41, 5.74) is 1.68. The van der Waals surface area contributed by atoms with Gasteiger partial charge in [0.05, 0.1) is 24.1 Å². The van der Waals surface area contributed by atoms with Gasteiger partial charge in [-0.25, -0.2) is 9.67 Å². The molecule has 0 atom stereocenters. The Balaban J connectivity index is 2.11. The van der Waals surface area contributed by atoms with Gasteiger partial charge in [-0.05, 0) is 19.8 Å². The minimum atomic E-state index is -0.107. The van der Waals surface area contributed by atoms with Crippen molar-refractivity contribution in [3.8, 4) is 0 Å². The average molecular weight is 292 g/mol. The van der Waals surface area contributed by atoms with Crippen LogP contribution in [0.15, 0.2) is 17.1 Å². The fourth-order valence-electron chi connectivity index (χ4n) is 1.71. The zero-order valence-electron chi connectivity index (χ0n) is 12.3. The molecule has 0 aromatic carbocycles. The normalized spacial score (nSPS) is 11.1. The molecule has 5 nitrogen and oxygen atoms in total. The summed E-state index contributed by atoms with van der Waals surface area (Å²) < 4.78 is 1.44. The van der Waals surface area contributed by atoms with E-state index in [1.165, 1.54) is 9.56 Å². The van der Waals surface area contributed by atoms with Crippen LogP contribution in [0.3, 0.4) is 0 Å². The summed E-state index contributed by atoms with van der Waals surface area (Å²) in [6.07, 6.45) is 1.69. The molecule has 108 valence electrons. The highest BCUT2D eigenvalue weighted by atomic mass is 32.1. The second-order valence-corrected chi connectivity index (χ2v) is 6.55. The number of anilines is 1. The minimum Gasteiger partial charge on any atom is -0.383 e. The number of nitrogens with one attached hydrogen (secondary N) is 1. The molecule has 0 saturated carbocycles. The van der Waals surface area contributed by atoms with Gasteiger partial charge in [0, 0.05) is 17.5 Å². The maximum absolute atomic E-state index is 12.0. The molecule has 2 heterocycles. The topological polar surface area (TPSA) is 59.8 Å². The second kappa shape index (κ2) is 6.17. The minimum absolute atomic E-state index is 0.107. The van der Waals surface area contributed by atoms with Crippen LogP contribution in [0.5, 0.6) is 0 Å². The third-order valence-electron chi connectivity index (χ3n) is 2.94. The van der Waals surface area contributed by atoms with Crippen molar-refractivity contribution in [3.05, 3.63) is 38.2 Å². The Morgan fingerprint density at radius 2 is 2.15 bits per heavy atom. The fraction of sp³-hybridized carbons (Fsp3) is 0.500. The Morgan fingerprint density at radius 1 is 1.40 bits per heavy atom. The van der Waals surface area contributed by atoms with Gasteiger partial charge in [0.15, 0.2) is 0 Å². The van der Waals surface area contributed by atoms with Crippen LogP contribution in [0.1, 0.15) is 29.4 Å². The summed E-state index contributed by atoms with van der Waals surface area (Å²) in [5, 5.41) is 8.31. The molecule has 0 bridgehead atoms. The summed E-state index contributed by atoms with van der Waals surface area (Å²) in [4.78, 5) is 17.6. The Morgan fingerprint density at radius 3 is 2.70 bits per heavy atom. The van der Waals surface area contributed by atoms with E-state index in [-0.39, 0.29) is 5.56 Å². The Kier molecular flexibility index (Phi) is 4.54. The van der Waals surface area contributed by atoms with Gasteiger partial charge in [-0.2, -0.15) is 5.10 Å². The molecule has 0 fully saturated rings. The quantitative estimate of drug-likeness (QED) is 0.919. The van der Waals surface area contributed by atoms with E-state index in [2.05, 4.69) is 29.2 Å². The lowest BCUT2D eigenvalue weighted by Crippen LogP contribution is -2.23. The van der Waals surface area contributed by atoms with Gasteiger partial charge in [0.25, 0.3) is 5.56 Å². The maximum atomic E-state index is 12.0. The Bertz CT molecular complexity index is 625. The summed E-state index contributed by atoms with van der Waals surface area (Å²) in [6, 6.07) is 1.59. The number of thiazole rings is 1. The summed E-state index contributed by atoms with van der Waals surface area (Å²) in [7, 11) is 0. The highest BCUT2D eigenvalue weighted by Crippen LogP contribution is 2.16. The van der Waals surface area contributed by atoms with E-state index in [1.807, 2.05) is 13.8 Å². The SMILES string of the molecule is Cc1nc(Cn2ncc(NCC(C)C)cc2=O)sc1C. The van der Waals surface area contributed by atoms with E-state index in [1.54, 1.807) is 23.6 Å². The third kappa shape index (κ3) is 3.66. The van der Waals surface area contributed by atoms with Gasteiger partial charge in [0.1, 0.15) is 5.01 Å². The van der Waals surface area contributed by atoms with Gasteiger partial charge in [0.2, 0.25) is 0 Å². The van der Waals surface area contributed by atoms with E-state index < -0.39 is 0 Å². The van der Waals surface area contributed by atoms with Crippen molar-refractivity contribution in [1.29, 1.82) is 0 Å². The van der Waals surface area contributed by atoms with E-state index >= 15 is 0 Å². The molecule has 0 radical (unpaired) electrons. The molecule has 1 N–H and O–H groups in total. The largest absolute Gasteiger partial charge is 0.383 e. The summed E-state index contributed by atoms with van der Waals surface area (Å²) in [5.74, 6) is 0.527. The molecule has 0 aliphatic carbocycles. The lowest BCUT2D eigenvalue weighted by molar-refractivity contribution is 0.634. The van der Waals surface area contributed by atoms with Gasteiger partial charge in [-0.1, -0.05) is 13.8 Å². The number of nitrogens with zero attached hydrogens (tertiary/aromatic N) is 3. The van der Waals surface area contributed by atoms with Crippen LogP contribution < -0.4 is 10.9 Å². The summed E-state index contributed by atoms with van der Waals surface area (Å²) >= 11 is 1.61. The van der Waals surface area contributed by atoms with E-state index in [0.29, 0.717) is 12.5 Å². The Hall–Kier alpha value is -1.69. The Labute approximate surface area is 122 Å². The van der Waals surface area contributed by atoms with Gasteiger partial charge >= 0.3 is 0 Å². The first kappa shape index (κ1) is 14.7. The van der Waals surface area contributed by atoms with E-state index in [0.717, 1.165) is 22.9 Å². The maximum Gasteiger partial charge on any atom is 0.269 e. The van der Waals surface area contributed by atoms with Crippen LogP contribution in [0.2, 0.25) is 0 Å². The van der Waals surface area contributed by atoms with Crippen molar-refractivity contribution in [1.82, 2.24) is 14.8 Å². The number of hydrogen-bond acceptors (Lipinski definition) is 5. The van der Waals surface area contributed by atoms with Crippen molar-refractivity contribution >= 4 is 17.0 Å². The van der Waals surface area contributed by atoms with Crippen LogP contribution in [0, 0.1) is 19.8 Å². The molecule has 0 aliphatic rings. The molecule has 0 unspecified atom stereocenters. The molecular formula is C14H20N4OS. The molecule has 6 heteroatoms. The lowest BCUT2D eigenvalue weighted by Gasteiger charge is -2.09. The summed E-state index contributed by atoms with van der Waals surface area (Å²) in [6.45, 7) is 9.51. The lowest BCUT2D eigenvalue weighted by atomic mass is 10.2. The first-order chi connectivity index (χ1) is 9.45. The smallest absolute Gasteiger partial charge is 0.269 e. The van der Waals surface area contributed by atoms with Gasteiger partial charge < -0.3 is 5.32 Å². The molecule has 0 amide bonds. The van der Waals surface area contributed by atoms with Gasteiger partial charge in [-0.15, -0.1) is 11.3 Å². The molecule has 0 saturated heterocycles. The molecule has 0 aliphatic heterocycles. The standard InChI is InChI=1S/C14H20N4OS/c1-9(2)6-15-12-5-14(19)18(16-7-12)8-13-17-10(3)11(4)20-13/h5,7,9,15H,6,8H2,1-4H3. The van der Waals surface area contributed by atoms with Crippen molar-refractivity contribution in [2.24, 2.45) is 5.92 Å². The fourth-order valence-corrected chi connectivity index (χ4v) is 2.62. The molecule has 20 heavy (non-hydrogen) atoms. The number of rotatable bonds is 5. The van der Waals surface area contributed by atoms with Crippen LogP contribution in [-0.4, -0.2) is 21.3 Å². The predicted molar refractivity (Wildman–Crippen MR) is 82.5 cm³/mol. The van der Waals surface area contributed by atoms with Gasteiger partial charge in [-0.3, -0.25) is 4.79 Å². The number of aryl methyl sites for hydroxylation is 2. The molecule has 2 aromatic heterocycles. The highest BCUT2D eigenvalue weighted by molar-refractivity contribution is 7.11. The van der Waals surface area contributed by atoms with Crippen molar-refractivity contribution in [3.63, 3.8) is 0 Å². The van der Waals surface area contributed by atoms with Crippen molar-refractivity contribution < 1.29 is 0 Å². The molecule has 0 spiro atoms. The van der Waals surface area contributed by atoms with E-state index in [4.69, 9.17) is 0 Å². The first-order valence-electron chi connectivity index (χ1n) is 6.69. The number of aromatic nitrogens is 3.